The van der Waals surface area contributed by atoms with Crippen LogP contribution in [0.4, 0.5) is 13.2 Å². The molecule has 0 radical (unpaired) electrons. The zero-order valence-corrected chi connectivity index (χ0v) is 17.2. The van der Waals surface area contributed by atoms with Gasteiger partial charge in [0.15, 0.2) is 0 Å². The second-order valence-electron chi connectivity index (χ2n) is 6.64. The van der Waals surface area contributed by atoms with E-state index in [4.69, 9.17) is 0 Å². The van der Waals surface area contributed by atoms with E-state index >= 15 is 0 Å². The first-order valence-electron chi connectivity index (χ1n) is 9.21. The second kappa shape index (κ2) is 9.29. The molecule has 0 unspecified atom stereocenters. The number of aryl methyl sites for hydroxylation is 2. The van der Waals surface area contributed by atoms with Crippen LogP contribution in [-0.2, 0) is 17.4 Å². The van der Waals surface area contributed by atoms with Gasteiger partial charge in [-0.1, -0.05) is 17.7 Å². The normalized spacial score (nSPS) is 11.5. The number of nitrogens with zero attached hydrogens (tertiary/aromatic N) is 4. The Morgan fingerprint density at radius 2 is 1.87 bits per heavy atom. The molecule has 0 aliphatic rings. The molecule has 1 amide bonds. The second-order valence-corrected chi connectivity index (χ2v) is 7.63. The first kappa shape index (κ1) is 21.8. The van der Waals surface area contributed by atoms with Crippen LogP contribution in [-0.4, -0.2) is 32.2 Å². The van der Waals surface area contributed by atoms with Crippen LogP contribution in [0.5, 0.6) is 0 Å². The number of aromatic nitrogens is 4. The molecule has 0 aliphatic carbocycles. The van der Waals surface area contributed by atoms with E-state index < -0.39 is 11.7 Å². The fourth-order valence-electron chi connectivity index (χ4n) is 2.69. The molecule has 2 heterocycles. The van der Waals surface area contributed by atoms with Crippen LogP contribution >= 0.6 is 11.8 Å². The highest BCUT2D eigenvalue weighted by molar-refractivity contribution is 7.99. The average molecular weight is 435 g/mol. The number of rotatable bonds is 7. The Kier molecular flexibility index (Phi) is 6.76. The highest BCUT2D eigenvalue weighted by Gasteiger charge is 2.30. The van der Waals surface area contributed by atoms with Gasteiger partial charge < -0.3 is 5.32 Å². The highest BCUT2D eigenvalue weighted by Crippen LogP contribution is 2.32. The molecule has 30 heavy (non-hydrogen) atoms. The minimum atomic E-state index is -4.43. The maximum absolute atomic E-state index is 12.8. The third-order valence-electron chi connectivity index (χ3n) is 4.20. The van der Waals surface area contributed by atoms with E-state index in [2.05, 4.69) is 20.5 Å². The molecule has 0 fully saturated rings. The number of halogens is 3. The Labute approximate surface area is 175 Å². The number of hydrogen-bond acceptors (Lipinski definition) is 5. The quantitative estimate of drug-likeness (QED) is 0.563. The Morgan fingerprint density at radius 3 is 2.47 bits per heavy atom. The van der Waals surface area contributed by atoms with Crippen molar-refractivity contribution in [2.75, 3.05) is 6.54 Å². The fraction of sp³-hybridized carbons (Fsp3) is 0.300. The predicted octanol–water partition coefficient (Wildman–Crippen LogP) is 4.21. The minimum absolute atomic E-state index is 0.0976. The molecule has 6 nitrogen and oxygen atoms in total. The van der Waals surface area contributed by atoms with Crippen LogP contribution in [0.3, 0.4) is 0 Å². The first-order chi connectivity index (χ1) is 14.2. The smallest absolute Gasteiger partial charge is 0.356 e. The van der Waals surface area contributed by atoms with E-state index in [1.54, 1.807) is 0 Å². The molecule has 0 aliphatic heterocycles. The summed E-state index contributed by atoms with van der Waals surface area (Å²) >= 11 is 1.14. The summed E-state index contributed by atoms with van der Waals surface area (Å²) in [6.45, 7) is 3.95. The largest absolute Gasteiger partial charge is 0.417 e. The van der Waals surface area contributed by atoms with Crippen LogP contribution in [0, 0.1) is 6.92 Å². The van der Waals surface area contributed by atoms with E-state index in [0.717, 1.165) is 35.3 Å². The fourth-order valence-corrected chi connectivity index (χ4v) is 3.51. The third kappa shape index (κ3) is 5.59. The van der Waals surface area contributed by atoms with E-state index in [1.165, 1.54) is 13.0 Å². The summed E-state index contributed by atoms with van der Waals surface area (Å²) in [6, 6.07) is 10.1. The molecule has 0 saturated heterocycles. The Hall–Kier alpha value is -2.88. The zero-order valence-electron chi connectivity index (χ0n) is 16.4. The van der Waals surface area contributed by atoms with Gasteiger partial charge in [-0.05, 0) is 49.4 Å². The maximum atomic E-state index is 12.8. The Balaban J connectivity index is 1.86. The Bertz CT molecular complexity index is 1000. The van der Waals surface area contributed by atoms with Crippen LogP contribution in [0.1, 0.15) is 30.3 Å². The summed E-state index contributed by atoms with van der Waals surface area (Å²) in [6.07, 6.45) is -2.38. The van der Waals surface area contributed by atoms with Crippen LogP contribution in [0.2, 0.25) is 0 Å². The number of hydrogen-bond donors (Lipinski definition) is 1. The molecule has 0 spiro atoms. The van der Waals surface area contributed by atoms with Crippen LogP contribution in [0.15, 0.2) is 52.8 Å². The molecule has 2 aromatic heterocycles. The number of carbonyl (C=O) groups is 1. The molecule has 1 N–H and O–H groups in total. The number of alkyl halides is 3. The summed E-state index contributed by atoms with van der Waals surface area (Å²) in [4.78, 5) is 15.0. The van der Waals surface area contributed by atoms with Crippen molar-refractivity contribution >= 4 is 17.7 Å². The molecule has 3 rings (SSSR count). The van der Waals surface area contributed by atoms with E-state index in [9.17, 15) is 18.0 Å². The van der Waals surface area contributed by atoms with Crippen molar-refractivity contribution in [2.45, 2.75) is 43.0 Å². The standard InChI is InChI=1S/C20H20F3N5OS/c1-13-5-8-16(9-6-13)28-17(4-3-11-24-14(2)29)26-27-19(28)30-18-10-7-15(12-25-18)20(21,22)23/h5-10,12H,3-4,11H2,1-2H3,(H,24,29). The summed E-state index contributed by atoms with van der Waals surface area (Å²) in [5.41, 5.74) is 1.14. The zero-order chi connectivity index (χ0) is 21.7. The van der Waals surface area contributed by atoms with Gasteiger partial charge in [0.25, 0.3) is 0 Å². The first-order valence-corrected chi connectivity index (χ1v) is 10.0. The average Bonchev–Trinajstić information content (AvgIpc) is 3.08. The summed E-state index contributed by atoms with van der Waals surface area (Å²) in [5, 5.41) is 12.1. The number of benzene rings is 1. The van der Waals surface area contributed by atoms with Gasteiger partial charge in [0.1, 0.15) is 10.9 Å². The number of carbonyl (C=O) groups excluding carboxylic acids is 1. The summed E-state index contributed by atoms with van der Waals surface area (Å²) < 4.78 is 40.2. The van der Waals surface area contributed by atoms with Crippen molar-refractivity contribution < 1.29 is 18.0 Å². The molecule has 158 valence electrons. The molecular formula is C20H20F3N5OS. The molecule has 0 atom stereocenters. The van der Waals surface area contributed by atoms with Crippen LogP contribution in [0.25, 0.3) is 5.69 Å². The van der Waals surface area contributed by atoms with Crippen molar-refractivity contribution in [1.29, 1.82) is 0 Å². The lowest BCUT2D eigenvalue weighted by Gasteiger charge is -2.11. The van der Waals surface area contributed by atoms with Crippen molar-refractivity contribution in [2.24, 2.45) is 0 Å². The van der Waals surface area contributed by atoms with Crippen LogP contribution < -0.4 is 5.32 Å². The predicted molar refractivity (Wildman–Crippen MR) is 106 cm³/mol. The molecule has 0 saturated carbocycles. The summed E-state index contributed by atoms with van der Waals surface area (Å²) in [5.74, 6) is 0.596. The van der Waals surface area contributed by atoms with Gasteiger partial charge in [-0.2, -0.15) is 13.2 Å². The SMILES string of the molecule is CC(=O)NCCCc1nnc(Sc2ccc(C(F)(F)F)cn2)n1-c1ccc(C)cc1. The molecule has 10 heteroatoms. The topological polar surface area (TPSA) is 72.7 Å². The lowest BCUT2D eigenvalue weighted by molar-refractivity contribution is -0.137. The monoisotopic (exact) mass is 435 g/mol. The maximum Gasteiger partial charge on any atom is 0.417 e. The highest BCUT2D eigenvalue weighted by atomic mass is 32.2. The number of pyridine rings is 1. The third-order valence-corrected chi connectivity index (χ3v) is 5.10. The molecule has 0 bridgehead atoms. The lowest BCUT2D eigenvalue weighted by atomic mass is 10.2. The lowest BCUT2D eigenvalue weighted by Crippen LogP contribution is -2.21. The van der Waals surface area contributed by atoms with Gasteiger partial charge >= 0.3 is 6.18 Å². The number of amides is 1. The number of nitrogens with one attached hydrogen (secondary N) is 1. The van der Waals surface area contributed by atoms with Crippen molar-refractivity contribution in [3.63, 3.8) is 0 Å². The van der Waals surface area contributed by atoms with Gasteiger partial charge in [-0.25, -0.2) is 4.98 Å². The molecular weight excluding hydrogens is 415 g/mol. The summed E-state index contributed by atoms with van der Waals surface area (Å²) in [7, 11) is 0. The van der Waals surface area contributed by atoms with Gasteiger partial charge in [0.05, 0.1) is 5.56 Å². The Morgan fingerprint density at radius 1 is 1.13 bits per heavy atom. The van der Waals surface area contributed by atoms with Crippen molar-refractivity contribution in [1.82, 2.24) is 25.1 Å². The van der Waals surface area contributed by atoms with Crippen molar-refractivity contribution in [3.05, 3.63) is 59.5 Å². The minimum Gasteiger partial charge on any atom is -0.356 e. The van der Waals surface area contributed by atoms with Gasteiger partial charge in [-0.15, -0.1) is 10.2 Å². The van der Waals surface area contributed by atoms with E-state index in [0.29, 0.717) is 35.4 Å². The molecule has 3 aromatic rings. The van der Waals surface area contributed by atoms with Crippen molar-refractivity contribution in [3.8, 4) is 5.69 Å². The van der Waals surface area contributed by atoms with E-state index in [-0.39, 0.29) is 5.91 Å². The van der Waals surface area contributed by atoms with Gasteiger partial charge in [-0.3, -0.25) is 9.36 Å². The van der Waals surface area contributed by atoms with Gasteiger partial charge in [0, 0.05) is 31.8 Å². The van der Waals surface area contributed by atoms with Gasteiger partial charge in [0.2, 0.25) is 11.1 Å². The van der Waals surface area contributed by atoms with E-state index in [1.807, 2.05) is 35.8 Å². The molecule has 1 aromatic carbocycles.